The fraction of sp³-hybridized carbons (Fsp3) is 1.00. The molecule has 0 unspecified atom stereocenters. The topological polar surface area (TPSA) is 9.23 Å². The Morgan fingerprint density at radius 1 is 1.50 bits per heavy atom. The third-order valence-electron chi connectivity index (χ3n) is 1.31. The first-order valence-corrected chi connectivity index (χ1v) is 8.36. The molecule has 0 radical (unpaired) electrons. The number of hydrogen-bond acceptors (Lipinski definition) is 3. The van der Waals surface area contributed by atoms with Crippen LogP contribution in [0, 0.1) is 0 Å². The fourth-order valence-corrected chi connectivity index (χ4v) is 4.62. The number of thioether (sulfide) groups is 2. The molecule has 0 saturated carbocycles. The largest absolute Gasteiger partial charge is 0.468 e. The van der Waals surface area contributed by atoms with E-state index in [9.17, 15) is 0 Å². The molecule has 5 heteroatoms. The van der Waals surface area contributed by atoms with Crippen LogP contribution in [0.25, 0.3) is 0 Å². The van der Waals surface area contributed by atoms with E-state index in [2.05, 4.69) is 12.5 Å². The molecule has 0 aliphatic rings. The van der Waals surface area contributed by atoms with Crippen molar-refractivity contribution >= 4 is 43.8 Å². The van der Waals surface area contributed by atoms with Gasteiger partial charge in [0.1, 0.15) is 20.2 Å². The Bertz CT molecular complexity index is 70.7. The maximum atomic E-state index is 5.24. The molecule has 1 nitrogen and oxygen atoms in total. The molecule has 0 spiro atoms. The van der Waals surface area contributed by atoms with E-state index in [0.717, 1.165) is 15.1 Å². The maximum Gasteiger partial charge on any atom is 0.145 e. The molecule has 10 heavy (non-hydrogen) atoms. The maximum absolute atomic E-state index is 5.24. The van der Waals surface area contributed by atoms with E-state index in [1.807, 2.05) is 23.5 Å². The van der Waals surface area contributed by atoms with Gasteiger partial charge < -0.3 is 4.12 Å². The zero-order chi connectivity index (χ0) is 7.82. The van der Waals surface area contributed by atoms with Gasteiger partial charge in [0.15, 0.2) is 0 Å². The van der Waals surface area contributed by atoms with Crippen LogP contribution < -0.4 is 0 Å². The molecule has 0 saturated heterocycles. The Hall–Kier alpha value is 1.09. The van der Waals surface area contributed by atoms with Gasteiger partial charge in [-0.05, 0) is 25.0 Å². The van der Waals surface area contributed by atoms with Gasteiger partial charge in [0.05, 0.1) is 0 Å². The van der Waals surface area contributed by atoms with Gasteiger partial charge in [0.2, 0.25) is 0 Å². The lowest BCUT2D eigenvalue weighted by Crippen LogP contribution is -2.00. The minimum Gasteiger partial charge on any atom is -0.468 e. The average Bonchev–Trinajstić information content (AvgIpc) is 1.99. The molecular formula is C5H16OS2Si2. The third kappa shape index (κ3) is 5.85. The molecule has 62 valence electrons. The first kappa shape index (κ1) is 11.1. The zero-order valence-corrected chi connectivity index (χ0v) is 12.0. The average molecular weight is 212 g/mol. The molecular weight excluding hydrogens is 196 g/mol. The van der Waals surface area contributed by atoms with Gasteiger partial charge in [-0.1, -0.05) is 0 Å². The van der Waals surface area contributed by atoms with Crippen molar-refractivity contribution in [2.75, 3.05) is 12.5 Å². The fourth-order valence-electron chi connectivity index (χ4n) is 0.726. The summed E-state index contributed by atoms with van der Waals surface area (Å²) in [7, 11) is 0.846. The number of rotatable bonds is 6. The van der Waals surface area contributed by atoms with E-state index in [1.165, 1.54) is 12.5 Å². The molecule has 0 aliphatic heterocycles. The van der Waals surface area contributed by atoms with Gasteiger partial charge in [-0.3, -0.25) is 0 Å². The van der Waals surface area contributed by atoms with Crippen LogP contribution in [-0.2, 0) is 4.12 Å². The molecule has 0 atom stereocenters. The van der Waals surface area contributed by atoms with Gasteiger partial charge in [0, 0.05) is 4.58 Å². The molecule has 0 N–H and O–H groups in total. The van der Waals surface area contributed by atoms with Crippen molar-refractivity contribution in [3.8, 4) is 0 Å². The Morgan fingerprint density at radius 3 is 2.50 bits per heavy atom. The summed E-state index contributed by atoms with van der Waals surface area (Å²) in [5, 5.41) is 0. The van der Waals surface area contributed by atoms with E-state index in [-0.39, 0.29) is 9.76 Å². The van der Waals surface area contributed by atoms with Gasteiger partial charge in [-0.15, -0.1) is 0 Å². The second-order valence-corrected chi connectivity index (χ2v) is 7.84. The minimum absolute atomic E-state index is 0.105. The Kier molecular flexibility index (Phi) is 9.09. The van der Waals surface area contributed by atoms with Crippen molar-refractivity contribution < 1.29 is 4.12 Å². The monoisotopic (exact) mass is 212 g/mol. The van der Waals surface area contributed by atoms with E-state index in [4.69, 9.17) is 4.12 Å². The standard InChI is InChI=1S/C5H16OS2Si2/c1-7-5(8-2)3-4-10-6-9/h5H,3-4,10H2,1-2,9H3. The third-order valence-corrected chi connectivity index (χ3v) is 6.32. The van der Waals surface area contributed by atoms with E-state index < -0.39 is 0 Å². The van der Waals surface area contributed by atoms with Crippen LogP contribution >= 0.6 is 23.5 Å². The van der Waals surface area contributed by atoms with Crippen LogP contribution in [0.5, 0.6) is 0 Å². The molecule has 0 aromatic carbocycles. The van der Waals surface area contributed by atoms with E-state index in [0.29, 0.717) is 0 Å². The summed E-state index contributed by atoms with van der Waals surface area (Å²) >= 11 is 3.92. The summed E-state index contributed by atoms with van der Waals surface area (Å²) in [5.74, 6) is 0. The normalized spacial score (nSPS) is 12.3. The van der Waals surface area contributed by atoms with E-state index in [1.54, 1.807) is 0 Å². The lowest BCUT2D eigenvalue weighted by atomic mass is 10.6. The first-order valence-electron chi connectivity index (χ1n) is 3.39. The van der Waals surface area contributed by atoms with Crippen LogP contribution in [0.1, 0.15) is 6.42 Å². The molecule has 0 bridgehead atoms. The van der Waals surface area contributed by atoms with Crippen molar-refractivity contribution in [1.82, 2.24) is 0 Å². The van der Waals surface area contributed by atoms with Crippen LogP contribution in [0.4, 0.5) is 0 Å². The summed E-state index contributed by atoms with van der Waals surface area (Å²) in [6.45, 7) is 0. The molecule has 0 heterocycles. The summed E-state index contributed by atoms with van der Waals surface area (Å²) in [5.41, 5.74) is 0. The van der Waals surface area contributed by atoms with Crippen LogP contribution in [0.2, 0.25) is 6.04 Å². The molecule has 0 aliphatic carbocycles. The van der Waals surface area contributed by atoms with Gasteiger partial charge >= 0.3 is 0 Å². The number of hydrogen-bond donors (Lipinski definition) is 0. The van der Waals surface area contributed by atoms with Crippen LogP contribution in [0.15, 0.2) is 0 Å². The SMILES string of the molecule is CSC(CC[SiH2]O[SiH3])SC. The van der Waals surface area contributed by atoms with Crippen molar-refractivity contribution in [1.29, 1.82) is 0 Å². The first-order chi connectivity index (χ1) is 4.85. The highest BCUT2D eigenvalue weighted by atomic mass is 32.2. The van der Waals surface area contributed by atoms with Crippen molar-refractivity contribution in [3.63, 3.8) is 0 Å². The lowest BCUT2D eigenvalue weighted by molar-refractivity contribution is 0.657. The highest BCUT2D eigenvalue weighted by Gasteiger charge is 2.02. The lowest BCUT2D eigenvalue weighted by Gasteiger charge is -2.09. The Morgan fingerprint density at radius 2 is 2.10 bits per heavy atom. The molecule has 0 aromatic heterocycles. The van der Waals surface area contributed by atoms with Crippen LogP contribution in [-0.4, -0.2) is 37.3 Å². The summed E-state index contributed by atoms with van der Waals surface area (Å²) < 4.78 is 6.05. The molecule has 0 rings (SSSR count). The smallest absolute Gasteiger partial charge is 0.145 e. The summed E-state index contributed by atoms with van der Waals surface area (Å²) in [4.78, 5) is 0. The predicted octanol–water partition coefficient (Wildman–Crippen LogP) is 0.228. The van der Waals surface area contributed by atoms with Gasteiger partial charge in [0.25, 0.3) is 0 Å². The van der Waals surface area contributed by atoms with E-state index >= 15 is 0 Å². The van der Waals surface area contributed by atoms with Gasteiger partial charge in [-0.25, -0.2) is 0 Å². The second-order valence-electron chi connectivity index (χ2n) is 2.04. The highest BCUT2D eigenvalue weighted by molar-refractivity contribution is 8.16. The van der Waals surface area contributed by atoms with Crippen LogP contribution in [0.3, 0.4) is 0 Å². The molecule has 0 aromatic rings. The summed E-state index contributed by atoms with van der Waals surface area (Å²) in [6.07, 6.45) is 5.71. The minimum atomic E-state index is -0.105. The summed E-state index contributed by atoms with van der Waals surface area (Å²) in [6, 6.07) is 1.36. The quantitative estimate of drug-likeness (QED) is 0.354. The molecule has 0 amide bonds. The highest BCUT2D eigenvalue weighted by Crippen LogP contribution is 2.23. The zero-order valence-electron chi connectivity index (χ0n) is 6.92. The predicted molar refractivity (Wildman–Crippen MR) is 59.8 cm³/mol. The Labute approximate surface area is 77.6 Å². The van der Waals surface area contributed by atoms with Crippen molar-refractivity contribution in [2.45, 2.75) is 17.0 Å². The van der Waals surface area contributed by atoms with Crippen molar-refractivity contribution in [3.05, 3.63) is 0 Å². The van der Waals surface area contributed by atoms with Crippen molar-refractivity contribution in [2.24, 2.45) is 0 Å². The van der Waals surface area contributed by atoms with Gasteiger partial charge in [-0.2, -0.15) is 23.5 Å². The molecule has 0 fully saturated rings. The Balaban J connectivity index is 3.09. The second kappa shape index (κ2) is 8.19.